The van der Waals surface area contributed by atoms with Gasteiger partial charge < -0.3 is 4.74 Å². The highest BCUT2D eigenvalue weighted by atomic mass is 32.2. The molecule has 0 amide bonds. The van der Waals surface area contributed by atoms with Gasteiger partial charge in [-0.3, -0.25) is 4.79 Å². The molecule has 0 radical (unpaired) electrons. The van der Waals surface area contributed by atoms with Crippen LogP contribution in [0.5, 0.6) is 5.75 Å². The SMILES string of the molecule is CCCCOc1ccc(S(=O)(=O)NCCn2nc(C)ccc2=O)cc1. The third-order valence-corrected chi connectivity index (χ3v) is 4.99. The molecule has 0 aliphatic rings. The number of sulfonamides is 1. The summed E-state index contributed by atoms with van der Waals surface area (Å²) in [4.78, 5) is 11.8. The lowest BCUT2D eigenvalue weighted by molar-refractivity contribution is 0.309. The average molecular weight is 365 g/mol. The quantitative estimate of drug-likeness (QED) is 0.683. The standard InChI is InChI=1S/C17H23N3O4S/c1-3-4-13-24-15-6-8-16(9-7-15)25(22,23)18-11-12-20-17(21)10-5-14(2)19-20/h5-10,18H,3-4,11-13H2,1-2H3. The Morgan fingerprint density at radius 2 is 1.88 bits per heavy atom. The smallest absolute Gasteiger partial charge is 0.266 e. The number of nitrogens with one attached hydrogen (secondary N) is 1. The lowest BCUT2D eigenvalue weighted by Crippen LogP contribution is -2.32. The summed E-state index contributed by atoms with van der Waals surface area (Å²) < 4.78 is 33.8. The lowest BCUT2D eigenvalue weighted by atomic mass is 10.3. The van der Waals surface area contributed by atoms with E-state index < -0.39 is 10.0 Å². The van der Waals surface area contributed by atoms with Gasteiger partial charge in [0.05, 0.1) is 23.7 Å². The molecule has 136 valence electrons. The largest absolute Gasteiger partial charge is 0.494 e. The number of aryl methyl sites for hydroxylation is 1. The third kappa shape index (κ3) is 5.68. The van der Waals surface area contributed by atoms with Crippen LogP contribution in [0.2, 0.25) is 0 Å². The van der Waals surface area contributed by atoms with Crippen LogP contribution in [0.15, 0.2) is 46.1 Å². The first-order valence-corrected chi connectivity index (χ1v) is 9.68. The van der Waals surface area contributed by atoms with E-state index in [1.807, 2.05) is 0 Å². The first-order chi connectivity index (χ1) is 11.9. The lowest BCUT2D eigenvalue weighted by Gasteiger charge is -2.09. The molecule has 1 aromatic carbocycles. The van der Waals surface area contributed by atoms with Crippen molar-refractivity contribution < 1.29 is 13.2 Å². The second-order valence-corrected chi connectivity index (χ2v) is 7.37. The van der Waals surface area contributed by atoms with E-state index >= 15 is 0 Å². The Labute approximate surface area is 147 Å². The minimum atomic E-state index is -3.64. The van der Waals surface area contributed by atoms with Gasteiger partial charge in [-0.05, 0) is 43.7 Å². The summed E-state index contributed by atoms with van der Waals surface area (Å²) in [6.45, 7) is 4.69. The zero-order valence-corrected chi connectivity index (χ0v) is 15.3. The van der Waals surface area contributed by atoms with Crippen LogP contribution in [0, 0.1) is 6.92 Å². The number of rotatable bonds is 9. The van der Waals surface area contributed by atoms with E-state index in [0.717, 1.165) is 12.8 Å². The summed E-state index contributed by atoms with van der Waals surface area (Å²) >= 11 is 0. The van der Waals surface area contributed by atoms with Crippen molar-refractivity contribution in [2.75, 3.05) is 13.2 Å². The molecular weight excluding hydrogens is 342 g/mol. The predicted octanol–water partition coefficient (Wildman–Crippen LogP) is 1.71. The fourth-order valence-electron chi connectivity index (χ4n) is 2.13. The van der Waals surface area contributed by atoms with Crippen LogP contribution in [-0.4, -0.2) is 31.3 Å². The first kappa shape index (κ1) is 19.1. The minimum absolute atomic E-state index is 0.0768. The van der Waals surface area contributed by atoms with E-state index in [1.54, 1.807) is 25.1 Å². The Morgan fingerprint density at radius 3 is 2.56 bits per heavy atom. The summed E-state index contributed by atoms with van der Waals surface area (Å²) in [5, 5.41) is 4.06. The molecule has 8 heteroatoms. The van der Waals surface area contributed by atoms with Crippen molar-refractivity contribution >= 4 is 10.0 Å². The van der Waals surface area contributed by atoms with Gasteiger partial charge in [-0.25, -0.2) is 17.8 Å². The first-order valence-electron chi connectivity index (χ1n) is 8.19. The third-order valence-electron chi connectivity index (χ3n) is 3.52. The van der Waals surface area contributed by atoms with Crippen molar-refractivity contribution in [2.24, 2.45) is 0 Å². The maximum atomic E-state index is 12.3. The summed E-state index contributed by atoms with van der Waals surface area (Å²) in [6, 6.07) is 9.30. The second-order valence-electron chi connectivity index (χ2n) is 5.61. The number of nitrogens with zero attached hydrogens (tertiary/aromatic N) is 2. The molecule has 0 saturated carbocycles. The van der Waals surface area contributed by atoms with Gasteiger partial charge in [0.15, 0.2) is 0 Å². The van der Waals surface area contributed by atoms with E-state index in [4.69, 9.17) is 4.74 Å². The van der Waals surface area contributed by atoms with Crippen LogP contribution in [0.25, 0.3) is 0 Å². The van der Waals surface area contributed by atoms with E-state index in [-0.39, 0.29) is 23.5 Å². The number of ether oxygens (including phenoxy) is 1. The van der Waals surface area contributed by atoms with E-state index in [2.05, 4.69) is 16.7 Å². The molecule has 0 atom stereocenters. The van der Waals surface area contributed by atoms with Crippen LogP contribution in [-0.2, 0) is 16.6 Å². The molecule has 0 unspecified atom stereocenters. The Hall–Kier alpha value is -2.19. The van der Waals surface area contributed by atoms with Crippen molar-refractivity contribution in [1.29, 1.82) is 0 Å². The van der Waals surface area contributed by atoms with Crippen molar-refractivity contribution in [2.45, 2.75) is 38.1 Å². The fraction of sp³-hybridized carbons (Fsp3) is 0.412. The topological polar surface area (TPSA) is 90.3 Å². The molecule has 2 rings (SSSR count). The van der Waals surface area contributed by atoms with Crippen molar-refractivity contribution in [3.63, 3.8) is 0 Å². The molecular formula is C17H23N3O4S. The van der Waals surface area contributed by atoms with Crippen LogP contribution in [0.4, 0.5) is 0 Å². The number of hydrogen-bond donors (Lipinski definition) is 1. The Balaban J connectivity index is 1.94. The molecule has 0 aliphatic heterocycles. The molecule has 1 heterocycles. The molecule has 0 fully saturated rings. The van der Waals surface area contributed by atoms with E-state index in [1.165, 1.54) is 22.9 Å². The number of hydrogen-bond acceptors (Lipinski definition) is 5. The maximum absolute atomic E-state index is 12.3. The van der Waals surface area contributed by atoms with Crippen LogP contribution in [0.1, 0.15) is 25.5 Å². The number of aromatic nitrogens is 2. The molecule has 0 spiro atoms. The van der Waals surface area contributed by atoms with Crippen molar-refractivity contribution in [1.82, 2.24) is 14.5 Å². The highest BCUT2D eigenvalue weighted by Gasteiger charge is 2.13. The zero-order chi connectivity index (χ0) is 18.3. The van der Waals surface area contributed by atoms with E-state index in [0.29, 0.717) is 18.1 Å². The monoisotopic (exact) mass is 365 g/mol. The second kappa shape index (κ2) is 8.77. The van der Waals surface area contributed by atoms with Crippen LogP contribution in [0.3, 0.4) is 0 Å². The molecule has 0 aliphatic carbocycles. The molecule has 0 saturated heterocycles. The van der Waals surface area contributed by atoms with Gasteiger partial charge in [-0.2, -0.15) is 5.10 Å². The fourth-order valence-corrected chi connectivity index (χ4v) is 3.15. The summed E-state index contributed by atoms with van der Waals surface area (Å²) in [5.74, 6) is 0.642. The molecule has 7 nitrogen and oxygen atoms in total. The van der Waals surface area contributed by atoms with Gasteiger partial charge in [0.25, 0.3) is 5.56 Å². The van der Waals surface area contributed by atoms with Gasteiger partial charge in [0.1, 0.15) is 5.75 Å². The summed E-state index contributed by atoms with van der Waals surface area (Å²) in [5.41, 5.74) is 0.430. The van der Waals surface area contributed by atoms with Crippen LogP contribution < -0.4 is 15.0 Å². The molecule has 1 aromatic heterocycles. The van der Waals surface area contributed by atoms with Crippen molar-refractivity contribution in [3.05, 3.63) is 52.4 Å². The van der Waals surface area contributed by atoms with E-state index in [9.17, 15) is 13.2 Å². The maximum Gasteiger partial charge on any atom is 0.266 e. The highest BCUT2D eigenvalue weighted by Crippen LogP contribution is 2.16. The summed E-state index contributed by atoms with van der Waals surface area (Å²) in [6.07, 6.45) is 1.99. The highest BCUT2D eigenvalue weighted by molar-refractivity contribution is 7.89. The molecule has 1 N–H and O–H groups in total. The van der Waals surface area contributed by atoms with Crippen molar-refractivity contribution in [3.8, 4) is 5.75 Å². The molecule has 0 bridgehead atoms. The van der Waals surface area contributed by atoms with Gasteiger partial charge in [0, 0.05) is 12.6 Å². The van der Waals surface area contributed by atoms with Gasteiger partial charge >= 0.3 is 0 Å². The number of unbranched alkanes of at least 4 members (excludes halogenated alkanes) is 1. The molecule has 25 heavy (non-hydrogen) atoms. The summed E-state index contributed by atoms with van der Waals surface area (Å²) in [7, 11) is -3.64. The molecule has 2 aromatic rings. The van der Waals surface area contributed by atoms with Crippen LogP contribution >= 0.6 is 0 Å². The zero-order valence-electron chi connectivity index (χ0n) is 14.4. The minimum Gasteiger partial charge on any atom is -0.494 e. The normalized spacial score (nSPS) is 11.4. The number of benzene rings is 1. The average Bonchev–Trinajstić information content (AvgIpc) is 2.58. The van der Waals surface area contributed by atoms with Gasteiger partial charge in [-0.15, -0.1) is 0 Å². The Morgan fingerprint density at radius 1 is 1.16 bits per heavy atom. The van der Waals surface area contributed by atoms with Gasteiger partial charge in [-0.1, -0.05) is 13.3 Å². The Bertz CT molecular complexity index is 845. The predicted molar refractivity (Wildman–Crippen MR) is 95.3 cm³/mol. The van der Waals surface area contributed by atoms with Gasteiger partial charge in [0.2, 0.25) is 10.0 Å². The Kier molecular flexibility index (Phi) is 6.72.